The summed E-state index contributed by atoms with van der Waals surface area (Å²) in [6, 6.07) is 12.1. The van der Waals surface area contributed by atoms with Crippen molar-refractivity contribution in [1.82, 2.24) is 5.32 Å². The Hall–Kier alpha value is -2.24. The number of carbonyl (C=O) groups is 2. The van der Waals surface area contributed by atoms with E-state index in [0.29, 0.717) is 34.5 Å². The number of halogens is 2. The highest BCUT2D eigenvalue weighted by atomic mass is 35.5. The minimum Gasteiger partial charge on any atom is -0.492 e. The van der Waals surface area contributed by atoms with Gasteiger partial charge in [0.25, 0.3) is 0 Å². The molecule has 2 N–H and O–H groups in total. The van der Waals surface area contributed by atoms with Gasteiger partial charge >= 0.3 is 11.8 Å². The van der Waals surface area contributed by atoms with Crippen LogP contribution in [0.1, 0.15) is 12.5 Å². The molecular weight excluding hydrogens is 363 g/mol. The van der Waals surface area contributed by atoms with Gasteiger partial charge in [0.05, 0.1) is 12.3 Å². The van der Waals surface area contributed by atoms with Crippen LogP contribution in [0.5, 0.6) is 5.75 Å². The average molecular weight is 381 g/mol. The molecular formula is C18H18Cl2N2O3. The first-order valence-electron chi connectivity index (χ1n) is 7.76. The molecule has 25 heavy (non-hydrogen) atoms. The van der Waals surface area contributed by atoms with Gasteiger partial charge in [0.2, 0.25) is 0 Å². The Labute approximate surface area is 156 Å². The molecule has 0 saturated heterocycles. The predicted molar refractivity (Wildman–Crippen MR) is 99.4 cm³/mol. The maximum Gasteiger partial charge on any atom is 0.313 e. The molecule has 2 aromatic rings. The second-order valence-corrected chi connectivity index (χ2v) is 5.97. The molecule has 5 nitrogen and oxygen atoms in total. The van der Waals surface area contributed by atoms with Crippen molar-refractivity contribution >= 4 is 40.7 Å². The van der Waals surface area contributed by atoms with E-state index >= 15 is 0 Å². The zero-order valence-corrected chi connectivity index (χ0v) is 15.2. The van der Waals surface area contributed by atoms with Gasteiger partial charge in [0.1, 0.15) is 5.75 Å². The summed E-state index contributed by atoms with van der Waals surface area (Å²) in [6.45, 7) is 2.58. The van der Waals surface area contributed by atoms with Crippen molar-refractivity contribution < 1.29 is 14.3 Å². The molecule has 0 aliphatic rings. The highest BCUT2D eigenvalue weighted by Crippen LogP contribution is 2.23. The lowest BCUT2D eigenvalue weighted by Gasteiger charge is -2.11. The van der Waals surface area contributed by atoms with Crippen molar-refractivity contribution in [1.29, 1.82) is 0 Å². The molecule has 2 amide bonds. The first kappa shape index (κ1) is 19.1. The summed E-state index contributed by atoms with van der Waals surface area (Å²) in [4.78, 5) is 23.9. The van der Waals surface area contributed by atoms with Gasteiger partial charge in [-0.3, -0.25) is 9.59 Å². The monoisotopic (exact) mass is 380 g/mol. The maximum atomic E-state index is 12.0. The van der Waals surface area contributed by atoms with Gasteiger partial charge in [-0.2, -0.15) is 0 Å². The minimum atomic E-state index is -0.755. The van der Waals surface area contributed by atoms with Gasteiger partial charge in [-0.05, 0) is 43.2 Å². The number of anilines is 1. The zero-order chi connectivity index (χ0) is 18.2. The van der Waals surface area contributed by atoms with Crippen molar-refractivity contribution in [2.24, 2.45) is 0 Å². The Bertz CT molecular complexity index is 766. The highest BCUT2D eigenvalue weighted by Gasteiger charge is 2.15. The lowest BCUT2D eigenvalue weighted by Crippen LogP contribution is -2.36. The smallest absolute Gasteiger partial charge is 0.313 e. The van der Waals surface area contributed by atoms with Crippen LogP contribution in [0.2, 0.25) is 10.0 Å². The standard InChI is InChI=1S/C18H18Cl2N2O3/c1-2-25-16-6-4-3-5-15(16)22-18(24)17(23)21-10-9-12-7-8-13(19)11-14(12)20/h3-8,11H,2,9-10H2,1H3,(H,21,23)(H,22,24). The molecule has 0 aliphatic heterocycles. The molecule has 0 unspecified atom stereocenters. The minimum absolute atomic E-state index is 0.278. The molecule has 2 rings (SSSR count). The van der Waals surface area contributed by atoms with Gasteiger partial charge < -0.3 is 15.4 Å². The maximum absolute atomic E-state index is 12.0. The number of ether oxygens (including phenoxy) is 1. The van der Waals surface area contributed by atoms with E-state index in [0.717, 1.165) is 5.56 Å². The summed E-state index contributed by atoms with van der Waals surface area (Å²) in [5.41, 5.74) is 1.29. The third-order valence-corrected chi connectivity index (χ3v) is 3.92. The second kappa shape index (κ2) is 9.30. The normalized spacial score (nSPS) is 10.2. The van der Waals surface area contributed by atoms with E-state index in [9.17, 15) is 9.59 Å². The first-order valence-corrected chi connectivity index (χ1v) is 8.51. The Morgan fingerprint density at radius 3 is 2.56 bits per heavy atom. The number of carbonyl (C=O) groups excluding carboxylic acids is 2. The van der Waals surface area contributed by atoms with E-state index in [1.54, 1.807) is 42.5 Å². The van der Waals surface area contributed by atoms with Crippen LogP contribution < -0.4 is 15.4 Å². The van der Waals surface area contributed by atoms with Crippen molar-refractivity contribution in [3.05, 3.63) is 58.1 Å². The van der Waals surface area contributed by atoms with Crippen LogP contribution in [-0.4, -0.2) is 25.0 Å². The lowest BCUT2D eigenvalue weighted by atomic mass is 10.1. The number of hydrogen-bond acceptors (Lipinski definition) is 3. The molecule has 132 valence electrons. The predicted octanol–water partition coefficient (Wildman–Crippen LogP) is 3.69. The quantitative estimate of drug-likeness (QED) is 0.750. The molecule has 0 fully saturated rings. The number of amides is 2. The topological polar surface area (TPSA) is 67.4 Å². The van der Waals surface area contributed by atoms with Crippen LogP contribution in [0.15, 0.2) is 42.5 Å². The lowest BCUT2D eigenvalue weighted by molar-refractivity contribution is -0.136. The van der Waals surface area contributed by atoms with E-state index < -0.39 is 11.8 Å². The first-order chi connectivity index (χ1) is 12.0. The van der Waals surface area contributed by atoms with Crippen LogP contribution in [0.3, 0.4) is 0 Å². The molecule has 0 heterocycles. The highest BCUT2D eigenvalue weighted by molar-refractivity contribution is 6.39. The Morgan fingerprint density at radius 1 is 1.08 bits per heavy atom. The fraction of sp³-hybridized carbons (Fsp3) is 0.222. The van der Waals surface area contributed by atoms with Crippen LogP contribution >= 0.6 is 23.2 Å². The SMILES string of the molecule is CCOc1ccccc1NC(=O)C(=O)NCCc1ccc(Cl)cc1Cl. The summed E-state index contributed by atoms with van der Waals surface area (Å²) in [6.07, 6.45) is 0.491. The largest absolute Gasteiger partial charge is 0.492 e. The molecule has 0 bridgehead atoms. The Morgan fingerprint density at radius 2 is 1.84 bits per heavy atom. The van der Waals surface area contributed by atoms with Gasteiger partial charge in [0.15, 0.2) is 0 Å². The molecule has 2 aromatic carbocycles. The van der Waals surface area contributed by atoms with Crippen molar-refractivity contribution in [3.63, 3.8) is 0 Å². The molecule has 0 aromatic heterocycles. The zero-order valence-electron chi connectivity index (χ0n) is 13.6. The molecule has 0 spiro atoms. The Kier molecular flexibility index (Phi) is 7.10. The number of nitrogens with one attached hydrogen (secondary N) is 2. The van der Waals surface area contributed by atoms with Crippen molar-refractivity contribution in [2.45, 2.75) is 13.3 Å². The second-order valence-electron chi connectivity index (χ2n) is 5.12. The van der Waals surface area contributed by atoms with E-state index in [-0.39, 0.29) is 6.54 Å². The van der Waals surface area contributed by atoms with E-state index in [2.05, 4.69) is 10.6 Å². The van der Waals surface area contributed by atoms with E-state index in [1.165, 1.54) is 0 Å². The fourth-order valence-corrected chi connectivity index (χ4v) is 2.65. The molecule has 0 saturated carbocycles. The molecule has 0 aliphatic carbocycles. The van der Waals surface area contributed by atoms with Gasteiger partial charge in [0, 0.05) is 16.6 Å². The summed E-state index contributed by atoms with van der Waals surface area (Å²) >= 11 is 11.9. The third-order valence-electron chi connectivity index (χ3n) is 3.34. The number of para-hydroxylation sites is 2. The average Bonchev–Trinajstić information content (AvgIpc) is 2.58. The third kappa shape index (κ3) is 5.66. The molecule has 0 radical (unpaired) electrons. The summed E-state index contributed by atoms with van der Waals surface area (Å²) in [5, 5.41) is 6.18. The number of benzene rings is 2. The summed E-state index contributed by atoms with van der Waals surface area (Å²) < 4.78 is 5.41. The van der Waals surface area contributed by atoms with E-state index in [4.69, 9.17) is 27.9 Å². The number of hydrogen-bond donors (Lipinski definition) is 2. The van der Waals surface area contributed by atoms with Crippen LogP contribution in [0, 0.1) is 0 Å². The summed E-state index contributed by atoms with van der Waals surface area (Å²) in [5.74, 6) is -0.968. The van der Waals surface area contributed by atoms with Crippen LogP contribution in [0.25, 0.3) is 0 Å². The van der Waals surface area contributed by atoms with Gasteiger partial charge in [-0.15, -0.1) is 0 Å². The number of rotatable bonds is 6. The summed E-state index contributed by atoms with van der Waals surface area (Å²) in [7, 11) is 0. The van der Waals surface area contributed by atoms with Crippen molar-refractivity contribution in [2.75, 3.05) is 18.5 Å². The van der Waals surface area contributed by atoms with Crippen LogP contribution in [0.4, 0.5) is 5.69 Å². The van der Waals surface area contributed by atoms with Crippen LogP contribution in [-0.2, 0) is 16.0 Å². The molecule has 7 heteroatoms. The van der Waals surface area contributed by atoms with E-state index in [1.807, 2.05) is 6.92 Å². The van der Waals surface area contributed by atoms with Gasteiger partial charge in [-0.25, -0.2) is 0 Å². The van der Waals surface area contributed by atoms with Gasteiger partial charge in [-0.1, -0.05) is 41.4 Å². The Balaban J connectivity index is 1.87. The van der Waals surface area contributed by atoms with Crippen molar-refractivity contribution in [3.8, 4) is 5.75 Å². The fourth-order valence-electron chi connectivity index (χ4n) is 2.15. The molecule has 0 atom stereocenters.